The van der Waals surface area contributed by atoms with Gasteiger partial charge >= 0.3 is 5.97 Å². The van der Waals surface area contributed by atoms with Gasteiger partial charge in [-0.1, -0.05) is 31.2 Å². The molecule has 4 heteroatoms. The highest BCUT2D eigenvalue weighted by Gasteiger charge is 2.05. The molecule has 0 bridgehead atoms. The van der Waals surface area contributed by atoms with E-state index in [1.54, 1.807) is 6.08 Å². The van der Waals surface area contributed by atoms with Gasteiger partial charge in [-0.25, -0.2) is 4.79 Å². The lowest BCUT2D eigenvalue weighted by atomic mass is 10.1. The average molecular weight is 249 g/mol. The molecule has 0 aliphatic heterocycles. The Morgan fingerprint density at radius 3 is 2.72 bits per heavy atom. The third kappa shape index (κ3) is 4.69. The second kappa shape index (κ2) is 7.63. The van der Waals surface area contributed by atoms with Crippen LogP contribution in [-0.2, 0) is 11.3 Å². The van der Waals surface area contributed by atoms with Crippen molar-refractivity contribution in [2.24, 2.45) is 0 Å². The van der Waals surface area contributed by atoms with Gasteiger partial charge in [-0.2, -0.15) is 0 Å². The van der Waals surface area contributed by atoms with Gasteiger partial charge in [-0.15, -0.1) is 0 Å². The Morgan fingerprint density at radius 1 is 1.39 bits per heavy atom. The Balaban J connectivity index is 2.84. The number of aliphatic hydroxyl groups excluding tert-OH is 1. The molecule has 2 N–H and O–H groups in total. The van der Waals surface area contributed by atoms with Gasteiger partial charge < -0.3 is 10.2 Å². The van der Waals surface area contributed by atoms with Crippen molar-refractivity contribution in [3.63, 3.8) is 0 Å². The quantitative estimate of drug-likeness (QED) is 0.721. The molecule has 18 heavy (non-hydrogen) atoms. The van der Waals surface area contributed by atoms with Crippen LogP contribution in [0.4, 0.5) is 0 Å². The molecule has 0 spiro atoms. The summed E-state index contributed by atoms with van der Waals surface area (Å²) in [4.78, 5) is 12.6. The summed E-state index contributed by atoms with van der Waals surface area (Å²) in [5, 5.41) is 17.6. The molecule has 0 aliphatic carbocycles. The Kier molecular flexibility index (Phi) is 6.11. The second-order valence-corrected chi connectivity index (χ2v) is 3.96. The van der Waals surface area contributed by atoms with Gasteiger partial charge in [-0.05, 0) is 23.7 Å². The molecule has 0 unspecified atom stereocenters. The largest absolute Gasteiger partial charge is 0.478 e. The van der Waals surface area contributed by atoms with Gasteiger partial charge in [0, 0.05) is 19.2 Å². The zero-order chi connectivity index (χ0) is 13.4. The molecule has 0 saturated carbocycles. The maximum atomic E-state index is 10.5. The predicted octanol–water partition coefficient (Wildman–Crippen LogP) is 1.60. The van der Waals surface area contributed by atoms with Crippen molar-refractivity contribution in [2.45, 2.75) is 13.5 Å². The molecule has 0 radical (unpaired) electrons. The monoisotopic (exact) mass is 249 g/mol. The molecule has 0 aliphatic rings. The van der Waals surface area contributed by atoms with Crippen molar-refractivity contribution >= 4 is 12.0 Å². The van der Waals surface area contributed by atoms with E-state index in [-0.39, 0.29) is 6.61 Å². The fourth-order valence-corrected chi connectivity index (χ4v) is 1.73. The Bertz CT molecular complexity index is 415. The Morgan fingerprint density at radius 2 is 2.11 bits per heavy atom. The summed E-state index contributed by atoms with van der Waals surface area (Å²) in [6, 6.07) is 7.68. The molecule has 0 amide bonds. The number of aliphatic carboxylic acids is 1. The van der Waals surface area contributed by atoms with Gasteiger partial charge in [0.2, 0.25) is 0 Å². The van der Waals surface area contributed by atoms with Crippen molar-refractivity contribution in [2.75, 3.05) is 19.7 Å². The maximum Gasteiger partial charge on any atom is 0.328 e. The minimum absolute atomic E-state index is 0.126. The van der Waals surface area contributed by atoms with Crippen molar-refractivity contribution in [3.05, 3.63) is 41.5 Å². The van der Waals surface area contributed by atoms with Crippen LogP contribution in [0.15, 0.2) is 30.3 Å². The molecular formula is C14H19NO3. The minimum atomic E-state index is -0.951. The number of likely N-dealkylation sites (N-methyl/N-ethyl adjacent to an activating group) is 1. The molecule has 1 aromatic rings. The zero-order valence-electron chi connectivity index (χ0n) is 10.5. The maximum absolute atomic E-state index is 10.5. The summed E-state index contributed by atoms with van der Waals surface area (Å²) in [5.41, 5.74) is 1.96. The highest BCUT2D eigenvalue weighted by atomic mass is 16.4. The summed E-state index contributed by atoms with van der Waals surface area (Å²) in [6.07, 6.45) is 2.74. The van der Waals surface area contributed by atoms with Gasteiger partial charge in [0.05, 0.1) is 6.61 Å². The van der Waals surface area contributed by atoms with E-state index in [9.17, 15) is 4.79 Å². The number of nitrogens with zero attached hydrogens (tertiary/aromatic N) is 1. The van der Waals surface area contributed by atoms with Crippen LogP contribution in [0.5, 0.6) is 0 Å². The van der Waals surface area contributed by atoms with Gasteiger partial charge in [-0.3, -0.25) is 4.90 Å². The summed E-state index contributed by atoms with van der Waals surface area (Å²) in [6.45, 7) is 4.33. The Hall–Kier alpha value is -1.65. The number of carboxylic acids is 1. The summed E-state index contributed by atoms with van der Waals surface area (Å²) >= 11 is 0. The Labute approximate surface area is 107 Å². The van der Waals surface area contributed by atoms with E-state index >= 15 is 0 Å². The van der Waals surface area contributed by atoms with E-state index in [1.165, 1.54) is 0 Å². The van der Waals surface area contributed by atoms with Crippen LogP contribution >= 0.6 is 0 Å². The SMILES string of the molecule is CCN(CCO)Cc1ccccc1/C=C/C(=O)O. The van der Waals surface area contributed by atoms with Crippen LogP contribution < -0.4 is 0 Å². The summed E-state index contributed by atoms with van der Waals surface area (Å²) in [7, 11) is 0. The first kappa shape index (κ1) is 14.4. The number of hydrogen-bond donors (Lipinski definition) is 2. The second-order valence-electron chi connectivity index (χ2n) is 3.96. The highest BCUT2D eigenvalue weighted by molar-refractivity contribution is 5.85. The first-order chi connectivity index (χ1) is 8.67. The highest BCUT2D eigenvalue weighted by Crippen LogP contribution is 2.13. The van der Waals surface area contributed by atoms with Crippen LogP contribution in [0.1, 0.15) is 18.1 Å². The first-order valence-corrected chi connectivity index (χ1v) is 5.99. The standard InChI is InChI=1S/C14H19NO3/c1-2-15(9-10-16)11-13-6-4-3-5-12(13)7-8-14(17)18/h3-8,16H,2,9-11H2,1H3,(H,17,18)/b8-7+. The summed E-state index contributed by atoms with van der Waals surface area (Å²) < 4.78 is 0. The van der Waals surface area contributed by atoms with E-state index in [1.807, 2.05) is 31.2 Å². The third-order valence-corrected chi connectivity index (χ3v) is 2.72. The average Bonchev–Trinajstić information content (AvgIpc) is 2.37. The van der Waals surface area contributed by atoms with Crippen molar-refractivity contribution in [1.29, 1.82) is 0 Å². The van der Waals surface area contributed by atoms with E-state index in [4.69, 9.17) is 10.2 Å². The molecule has 98 valence electrons. The fraction of sp³-hybridized carbons (Fsp3) is 0.357. The number of carbonyl (C=O) groups is 1. The molecule has 0 saturated heterocycles. The smallest absolute Gasteiger partial charge is 0.328 e. The number of hydrogen-bond acceptors (Lipinski definition) is 3. The van der Waals surface area contributed by atoms with Crippen LogP contribution in [0.2, 0.25) is 0 Å². The van der Waals surface area contributed by atoms with E-state index < -0.39 is 5.97 Å². The van der Waals surface area contributed by atoms with Crippen LogP contribution in [0.3, 0.4) is 0 Å². The van der Waals surface area contributed by atoms with E-state index in [0.717, 1.165) is 23.7 Å². The van der Waals surface area contributed by atoms with E-state index in [2.05, 4.69) is 4.90 Å². The molecule has 1 rings (SSSR count). The van der Waals surface area contributed by atoms with Crippen molar-refractivity contribution < 1.29 is 15.0 Å². The molecule has 0 atom stereocenters. The van der Waals surface area contributed by atoms with Crippen LogP contribution in [0.25, 0.3) is 6.08 Å². The van der Waals surface area contributed by atoms with Crippen molar-refractivity contribution in [3.8, 4) is 0 Å². The summed E-state index contributed by atoms with van der Waals surface area (Å²) in [5.74, 6) is -0.951. The van der Waals surface area contributed by atoms with Gasteiger partial charge in [0.25, 0.3) is 0 Å². The van der Waals surface area contributed by atoms with Crippen molar-refractivity contribution in [1.82, 2.24) is 4.90 Å². The molecular weight excluding hydrogens is 230 g/mol. The number of aliphatic hydroxyl groups is 1. The molecule has 1 aromatic carbocycles. The van der Waals surface area contributed by atoms with E-state index in [0.29, 0.717) is 13.1 Å². The topological polar surface area (TPSA) is 60.8 Å². The lowest BCUT2D eigenvalue weighted by Gasteiger charge is -2.20. The molecule has 0 aromatic heterocycles. The lowest BCUT2D eigenvalue weighted by molar-refractivity contribution is -0.131. The minimum Gasteiger partial charge on any atom is -0.478 e. The van der Waals surface area contributed by atoms with Gasteiger partial charge in [0.1, 0.15) is 0 Å². The van der Waals surface area contributed by atoms with Crippen LogP contribution in [0, 0.1) is 0 Å². The molecule has 0 fully saturated rings. The predicted molar refractivity (Wildman–Crippen MR) is 71.1 cm³/mol. The first-order valence-electron chi connectivity index (χ1n) is 5.99. The molecule has 0 heterocycles. The zero-order valence-corrected chi connectivity index (χ0v) is 10.5. The molecule has 4 nitrogen and oxygen atoms in total. The number of carboxylic acid groups (broad SMARTS) is 1. The number of benzene rings is 1. The lowest BCUT2D eigenvalue weighted by Crippen LogP contribution is -2.26. The third-order valence-electron chi connectivity index (χ3n) is 2.72. The van der Waals surface area contributed by atoms with Crippen LogP contribution in [-0.4, -0.2) is 40.8 Å². The van der Waals surface area contributed by atoms with Gasteiger partial charge in [0.15, 0.2) is 0 Å². The number of rotatable bonds is 7. The normalized spacial score (nSPS) is 11.3. The fourth-order valence-electron chi connectivity index (χ4n) is 1.73.